The normalized spacial score (nSPS) is 16.7. The number of nitrogens with zero attached hydrogens (tertiary/aromatic N) is 1. The van der Waals surface area contributed by atoms with Crippen molar-refractivity contribution >= 4 is 23.3 Å². The Morgan fingerprint density at radius 3 is 2.86 bits per heavy atom. The van der Waals surface area contributed by atoms with Gasteiger partial charge in [0.05, 0.1) is 16.8 Å². The predicted octanol–water partition coefficient (Wildman–Crippen LogP) is 2.23. The number of urea groups is 1. The number of carbonyl (C=O) groups excluding carboxylic acids is 1. The molecule has 1 fully saturated rings. The Morgan fingerprint density at radius 2 is 2.14 bits per heavy atom. The number of aliphatic hydroxyl groups is 1. The molecule has 0 radical (unpaired) electrons. The van der Waals surface area contributed by atoms with Gasteiger partial charge in [0.15, 0.2) is 0 Å². The fraction of sp³-hybridized carbons (Fsp3) is 0.533. The molecule has 0 aliphatic carbocycles. The second-order valence-electron chi connectivity index (χ2n) is 5.48. The van der Waals surface area contributed by atoms with E-state index in [0.29, 0.717) is 17.3 Å². The first-order chi connectivity index (χ1) is 10.0. The van der Waals surface area contributed by atoms with E-state index in [0.717, 1.165) is 18.7 Å². The van der Waals surface area contributed by atoms with Gasteiger partial charge >= 0.3 is 6.03 Å². The van der Waals surface area contributed by atoms with Crippen molar-refractivity contribution in [2.75, 3.05) is 31.5 Å². The topological polar surface area (TPSA) is 64.6 Å². The molecule has 2 rings (SSSR count). The number of hydrogen-bond donors (Lipinski definition) is 3. The van der Waals surface area contributed by atoms with E-state index in [9.17, 15) is 9.90 Å². The van der Waals surface area contributed by atoms with Gasteiger partial charge in [-0.1, -0.05) is 17.7 Å². The lowest BCUT2D eigenvalue weighted by Crippen LogP contribution is -2.40. The Labute approximate surface area is 130 Å². The van der Waals surface area contributed by atoms with Crippen LogP contribution in [0.5, 0.6) is 0 Å². The molecular formula is C15H22ClN3O2. The molecule has 116 valence electrons. The predicted molar refractivity (Wildman–Crippen MR) is 84.9 cm³/mol. The van der Waals surface area contributed by atoms with Crippen molar-refractivity contribution in [1.82, 2.24) is 10.2 Å². The highest BCUT2D eigenvalue weighted by Crippen LogP contribution is 2.22. The molecule has 6 heteroatoms. The summed E-state index contributed by atoms with van der Waals surface area (Å²) in [5, 5.41) is 15.8. The summed E-state index contributed by atoms with van der Waals surface area (Å²) < 4.78 is 0. The van der Waals surface area contributed by atoms with Gasteiger partial charge in [-0.25, -0.2) is 4.79 Å². The molecule has 2 amide bonds. The van der Waals surface area contributed by atoms with Crippen molar-refractivity contribution in [3.63, 3.8) is 0 Å². The van der Waals surface area contributed by atoms with Crippen LogP contribution in [0.25, 0.3) is 0 Å². The van der Waals surface area contributed by atoms with Crippen LogP contribution in [0.3, 0.4) is 0 Å². The van der Waals surface area contributed by atoms with Crippen LogP contribution < -0.4 is 10.6 Å². The van der Waals surface area contributed by atoms with Crippen molar-refractivity contribution < 1.29 is 9.90 Å². The van der Waals surface area contributed by atoms with Crippen LogP contribution in [0.15, 0.2) is 18.2 Å². The van der Waals surface area contributed by atoms with Crippen molar-refractivity contribution in [2.45, 2.75) is 25.9 Å². The van der Waals surface area contributed by atoms with E-state index >= 15 is 0 Å². The molecule has 3 N–H and O–H groups in total. The van der Waals surface area contributed by atoms with Crippen LogP contribution >= 0.6 is 11.6 Å². The molecule has 0 spiro atoms. The third-order valence-corrected chi connectivity index (χ3v) is 3.87. The van der Waals surface area contributed by atoms with Crippen LogP contribution in [0.2, 0.25) is 5.02 Å². The lowest BCUT2D eigenvalue weighted by atomic mass is 10.2. The van der Waals surface area contributed by atoms with Gasteiger partial charge in [0.2, 0.25) is 0 Å². The standard InChI is InChI=1S/C15H22ClN3O2/c1-11-4-5-13(16)14(8-11)18-15(21)17-9-12(20)10-19-6-2-3-7-19/h4-5,8,12,20H,2-3,6-7,9-10H2,1H3,(H2,17,18,21). The number of aryl methyl sites for hydroxylation is 1. The largest absolute Gasteiger partial charge is 0.390 e. The molecule has 0 saturated carbocycles. The number of amides is 2. The molecule has 21 heavy (non-hydrogen) atoms. The van der Waals surface area contributed by atoms with E-state index < -0.39 is 6.10 Å². The van der Waals surface area contributed by atoms with Crippen molar-refractivity contribution in [1.29, 1.82) is 0 Å². The molecule has 0 bridgehead atoms. The fourth-order valence-electron chi connectivity index (χ4n) is 2.44. The highest BCUT2D eigenvalue weighted by atomic mass is 35.5. The molecule has 1 atom stereocenters. The van der Waals surface area contributed by atoms with E-state index in [-0.39, 0.29) is 12.6 Å². The van der Waals surface area contributed by atoms with E-state index in [1.54, 1.807) is 6.07 Å². The number of likely N-dealkylation sites (tertiary alicyclic amines) is 1. The first kappa shape index (κ1) is 16.1. The zero-order valence-corrected chi connectivity index (χ0v) is 13.0. The van der Waals surface area contributed by atoms with Crippen LogP contribution in [0, 0.1) is 6.92 Å². The number of rotatable bonds is 5. The summed E-state index contributed by atoms with van der Waals surface area (Å²) in [7, 11) is 0. The van der Waals surface area contributed by atoms with Crippen molar-refractivity contribution in [2.24, 2.45) is 0 Å². The molecule has 1 aliphatic rings. The Bertz CT molecular complexity index is 490. The van der Waals surface area contributed by atoms with E-state index in [4.69, 9.17) is 11.6 Å². The first-order valence-electron chi connectivity index (χ1n) is 7.26. The number of β-amino-alcohol motifs (C(OH)–C–C–N with tert-alkyl or cyclic N) is 1. The highest BCUT2D eigenvalue weighted by molar-refractivity contribution is 6.33. The van der Waals surface area contributed by atoms with Crippen LogP contribution in [0.1, 0.15) is 18.4 Å². The second-order valence-corrected chi connectivity index (χ2v) is 5.89. The van der Waals surface area contributed by atoms with E-state index in [1.165, 1.54) is 12.8 Å². The average molecular weight is 312 g/mol. The SMILES string of the molecule is Cc1ccc(Cl)c(NC(=O)NCC(O)CN2CCCC2)c1. The molecule has 1 unspecified atom stereocenters. The maximum Gasteiger partial charge on any atom is 0.319 e. The number of hydrogen-bond acceptors (Lipinski definition) is 3. The minimum absolute atomic E-state index is 0.228. The summed E-state index contributed by atoms with van der Waals surface area (Å²) >= 11 is 6.02. The number of aliphatic hydroxyl groups excluding tert-OH is 1. The zero-order valence-electron chi connectivity index (χ0n) is 12.2. The number of anilines is 1. The molecule has 1 aromatic carbocycles. The van der Waals surface area contributed by atoms with Gasteiger partial charge in [-0.05, 0) is 50.6 Å². The van der Waals surface area contributed by atoms with Crippen LogP contribution in [0.4, 0.5) is 10.5 Å². The summed E-state index contributed by atoms with van der Waals surface area (Å²) in [5.74, 6) is 0. The Hall–Kier alpha value is -1.30. The quantitative estimate of drug-likeness (QED) is 0.781. The maximum atomic E-state index is 11.8. The minimum Gasteiger partial charge on any atom is -0.390 e. The summed E-state index contributed by atoms with van der Waals surface area (Å²) in [4.78, 5) is 14.0. The molecule has 1 aromatic rings. The van der Waals surface area contributed by atoms with Crippen LogP contribution in [-0.4, -0.2) is 48.3 Å². The van der Waals surface area contributed by atoms with Gasteiger partial charge in [0.25, 0.3) is 0 Å². The number of nitrogens with one attached hydrogen (secondary N) is 2. The number of benzene rings is 1. The third kappa shape index (κ3) is 5.19. The lowest BCUT2D eigenvalue weighted by Gasteiger charge is -2.19. The monoisotopic (exact) mass is 311 g/mol. The Balaban J connectivity index is 1.75. The van der Waals surface area contributed by atoms with Crippen molar-refractivity contribution in [3.05, 3.63) is 28.8 Å². The number of halogens is 1. The molecule has 5 nitrogen and oxygen atoms in total. The third-order valence-electron chi connectivity index (χ3n) is 3.54. The highest BCUT2D eigenvalue weighted by Gasteiger charge is 2.16. The van der Waals surface area contributed by atoms with Crippen LogP contribution in [-0.2, 0) is 0 Å². The minimum atomic E-state index is -0.554. The fourth-order valence-corrected chi connectivity index (χ4v) is 2.60. The number of carbonyl (C=O) groups is 1. The summed E-state index contributed by atoms with van der Waals surface area (Å²) in [6.45, 7) is 4.82. The summed E-state index contributed by atoms with van der Waals surface area (Å²) in [6, 6.07) is 5.07. The maximum absolute atomic E-state index is 11.8. The molecule has 0 aromatic heterocycles. The van der Waals surface area contributed by atoms with E-state index in [1.807, 2.05) is 19.1 Å². The van der Waals surface area contributed by atoms with Gasteiger partial charge in [0, 0.05) is 13.1 Å². The first-order valence-corrected chi connectivity index (χ1v) is 7.64. The van der Waals surface area contributed by atoms with Gasteiger partial charge in [-0.3, -0.25) is 0 Å². The van der Waals surface area contributed by atoms with E-state index in [2.05, 4.69) is 15.5 Å². The molecular weight excluding hydrogens is 290 g/mol. The zero-order chi connectivity index (χ0) is 15.2. The van der Waals surface area contributed by atoms with Gasteiger partial charge < -0.3 is 20.6 Å². The lowest BCUT2D eigenvalue weighted by molar-refractivity contribution is 0.125. The summed E-state index contributed by atoms with van der Waals surface area (Å²) in [5.41, 5.74) is 1.59. The average Bonchev–Trinajstić information content (AvgIpc) is 2.93. The summed E-state index contributed by atoms with van der Waals surface area (Å²) in [6.07, 6.45) is 1.82. The molecule has 1 heterocycles. The smallest absolute Gasteiger partial charge is 0.319 e. The molecule has 1 saturated heterocycles. The van der Waals surface area contributed by atoms with Gasteiger partial charge in [0.1, 0.15) is 0 Å². The van der Waals surface area contributed by atoms with Crippen molar-refractivity contribution in [3.8, 4) is 0 Å². The van der Waals surface area contributed by atoms with Gasteiger partial charge in [-0.15, -0.1) is 0 Å². The molecule has 1 aliphatic heterocycles. The van der Waals surface area contributed by atoms with Gasteiger partial charge in [-0.2, -0.15) is 0 Å². The Morgan fingerprint density at radius 1 is 1.43 bits per heavy atom. The Kier molecular flexibility index (Phi) is 5.85. The second kappa shape index (κ2) is 7.64.